The molecule has 9 nitrogen and oxygen atoms in total. The quantitative estimate of drug-likeness (QED) is 0.606. The largest absolute Gasteiger partial charge is 0.421 e. The molecule has 3 unspecified atom stereocenters. The van der Waals surface area contributed by atoms with Gasteiger partial charge in [0, 0.05) is 37.6 Å². The van der Waals surface area contributed by atoms with Crippen LogP contribution in [0.15, 0.2) is 23.3 Å². The van der Waals surface area contributed by atoms with Crippen molar-refractivity contribution in [3.05, 3.63) is 45.6 Å². The van der Waals surface area contributed by atoms with Gasteiger partial charge in [0.05, 0.1) is 23.8 Å². The minimum atomic E-state index is -4.82. The van der Waals surface area contributed by atoms with Crippen LogP contribution in [0.2, 0.25) is 0 Å². The molecule has 15 heteroatoms. The van der Waals surface area contributed by atoms with E-state index in [9.17, 15) is 35.9 Å². The fourth-order valence-electron chi connectivity index (χ4n) is 5.51. The number of carbonyl (C=O) groups is 1. The van der Waals surface area contributed by atoms with E-state index in [0.29, 0.717) is 45.3 Å². The Morgan fingerprint density at radius 3 is 2.24 bits per heavy atom. The summed E-state index contributed by atoms with van der Waals surface area (Å²) in [6.45, 7) is 1.21. The molecule has 2 aromatic rings. The van der Waals surface area contributed by atoms with Crippen LogP contribution in [-0.2, 0) is 17.1 Å². The molecule has 0 aliphatic carbocycles. The number of carbonyl (C=O) groups excluding carboxylic acids is 1. The van der Waals surface area contributed by atoms with Crippen molar-refractivity contribution >= 4 is 11.9 Å². The van der Waals surface area contributed by atoms with Gasteiger partial charge in [-0.1, -0.05) is 0 Å². The van der Waals surface area contributed by atoms with Gasteiger partial charge in [-0.3, -0.25) is 14.5 Å². The molecule has 3 aliphatic rings. The predicted octanol–water partition coefficient (Wildman–Crippen LogP) is 2.61. The third kappa shape index (κ3) is 5.00. The Kier molecular flexibility index (Phi) is 6.36. The van der Waals surface area contributed by atoms with E-state index in [1.807, 2.05) is 5.10 Å². The van der Waals surface area contributed by atoms with Gasteiger partial charge < -0.3 is 9.80 Å². The van der Waals surface area contributed by atoms with Crippen molar-refractivity contribution in [1.82, 2.24) is 30.0 Å². The Bertz CT molecular complexity index is 1200. The van der Waals surface area contributed by atoms with E-state index in [2.05, 4.69) is 15.1 Å². The molecule has 200 valence electrons. The lowest BCUT2D eigenvalue weighted by atomic mass is 10.1. The lowest BCUT2D eigenvalue weighted by molar-refractivity contribution is -0.139. The molecule has 0 spiro atoms. The number of rotatable bonds is 4. The summed E-state index contributed by atoms with van der Waals surface area (Å²) in [5.41, 5.74) is -3.52. The number of fused-ring (bicyclic) bond motifs is 2. The molecular weight excluding hydrogens is 508 g/mol. The third-order valence-corrected chi connectivity index (χ3v) is 7.19. The SMILES string of the molecule is O=C(CN1CCCC1c1cc(C(F)(F)F)c(=O)[nH]n1)N1C2CCC1CN(c1ncc(C(F)(F)F)cn1)C2. The molecule has 2 aromatic heterocycles. The fraction of sp³-hybridized carbons (Fsp3) is 0.591. The van der Waals surface area contributed by atoms with Crippen molar-refractivity contribution in [2.45, 2.75) is 56.2 Å². The molecular formula is C22H23F6N7O2. The average Bonchev–Trinajstić information content (AvgIpc) is 3.39. The number of likely N-dealkylation sites (tertiary alicyclic amines) is 1. The van der Waals surface area contributed by atoms with Crippen LogP contribution >= 0.6 is 0 Å². The molecule has 37 heavy (non-hydrogen) atoms. The van der Waals surface area contributed by atoms with E-state index in [-0.39, 0.29) is 36.2 Å². The predicted molar refractivity (Wildman–Crippen MR) is 116 cm³/mol. The van der Waals surface area contributed by atoms with Gasteiger partial charge in [-0.25, -0.2) is 15.1 Å². The first-order valence-electron chi connectivity index (χ1n) is 11.8. The van der Waals surface area contributed by atoms with Crippen LogP contribution in [0.25, 0.3) is 0 Å². The van der Waals surface area contributed by atoms with E-state index in [0.717, 1.165) is 18.5 Å². The van der Waals surface area contributed by atoms with Crippen molar-refractivity contribution in [2.24, 2.45) is 0 Å². The maximum absolute atomic E-state index is 13.3. The van der Waals surface area contributed by atoms with Crippen LogP contribution < -0.4 is 10.5 Å². The maximum Gasteiger partial charge on any atom is 0.421 e. The second-order valence-electron chi connectivity index (χ2n) is 9.52. The lowest BCUT2D eigenvalue weighted by Crippen LogP contribution is -2.58. The van der Waals surface area contributed by atoms with Crippen LogP contribution in [-0.4, -0.2) is 74.1 Å². The maximum atomic E-state index is 13.3. The number of H-pyrrole nitrogens is 1. The third-order valence-electron chi connectivity index (χ3n) is 7.19. The second kappa shape index (κ2) is 9.26. The van der Waals surface area contributed by atoms with Gasteiger partial charge in [0.1, 0.15) is 5.56 Å². The monoisotopic (exact) mass is 531 g/mol. The van der Waals surface area contributed by atoms with E-state index in [4.69, 9.17) is 0 Å². The minimum Gasteiger partial charge on any atom is -0.337 e. The number of halogens is 6. The number of piperazine rings is 1. The zero-order valence-corrected chi connectivity index (χ0v) is 19.4. The number of hydrogen-bond acceptors (Lipinski definition) is 7. The number of aromatic nitrogens is 4. The Morgan fingerprint density at radius 2 is 1.65 bits per heavy atom. The van der Waals surface area contributed by atoms with E-state index in [1.54, 1.807) is 14.7 Å². The van der Waals surface area contributed by atoms with Gasteiger partial charge >= 0.3 is 12.4 Å². The molecule has 0 radical (unpaired) electrons. The molecule has 1 N–H and O–H groups in total. The highest BCUT2D eigenvalue weighted by atomic mass is 19.4. The topological polar surface area (TPSA) is 98.3 Å². The molecule has 5 heterocycles. The molecule has 0 aromatic carbocycles. The summed E-state index contributed by atoms with van der Waals surface area (Å²) in [6.07, 6.45) is -5.29. The summed E-state index contributed by atoms with van der Waals surface area (Å²) in [7, 11) is 0. The Balaban J connectivity index is 1.26. The van der Waals surface area contributed by atoms with E-state index >= 15 is 0 Å². The van der Waals surface area contributed by atoms with Crippen molar-refractivity contribution in [2.75, 3.05) is 31.1 Å². The van der Waals surface area contributed by atoms with Gasteiger partial charge in [0.25, 0.3) is 5.56 Å². The zero-order valence-electron chi connectivity index (χ0n) is 19.4. The smallest absolute Gasteiger partial charge is 0.337 e. The Hall–Kier alpha value is -3.23. The van der Waals surface area contributed by atoms with Crippen molar-refractivity contribution in [3.8, 4) is 0 Å². The summed E-state index contributed by atoms with van der Waals surface area (Å²) in [4.78, 5) is 38.0. The Morgan fingerprint density at radius 1 is 1.00 bits per heavy atom. The van der Waals surface area contributed by atoms with Crippen LogP contribution in [0.1, 0.15) is 48.5 Å². The van der Waals surface area contributed by atoms with Gasteiger partial charge in [0.2, 0.25) is 11.9 Å². The van der Waals surface area contributed by atoms with Gasteiger partial charge in [-0.2, -0.15) is 31.4 Å². The average molecular weight is 531 g/mol. The number of aromatic amines is 1. The summed E-state index contributed by atoms with van der Waals surface area (Å²) in [6, 6.07) is -0.150. The molecule has 3 saturated heterocycles. The van der Waals surface area contributed by atoms with Gasteiger partial charge in [0.15, 0.2) is 0 Å². The molecule has 3 atom stereocenters. The second-order valence-corrected chi connectivity index (χ2v) is 9.52. The molecule has 1 amide bonds. The number of amides is 1. The van der Waals surface area contributed by atoms with Gasteiger partial charge in [-0.05, 0) is 38.3 Å². The Labute approximate surface area is 206 Å². The number of hydrogen-bond donors (Lipinski definition) is 1. The summed E-state index contributed by atoms with van der Waals surface area (Å²) < 4.78 is 78.1. The molecule has 3 aliphatic heterocycles. The first-order chi connectivity index (χ1) is 17.4. The van der Waals surface area contributed by atoms with Crippen molar-refractivity contribution < 1.29 is 31.1 Å². The molecule has 5 rings (SSSR count). The highest BCUT2D eigenvalue weighted by Crippen LogP contribution is 2.36. The normalized spacial score (nSPS) is 24.6. The summed E-state index contributed by atoms with van der Waals surface area (Å²) in [5.74, 6) is -0.00548. The van der Waals surface area contributed by atoms with Crippen LogP contribution in [0.4, 0.5) is 32.3 Å². The zero-order chi connectivity index (χ0) is 26.5. The molecule has 3 fully saturated rings. The number of anilines is 1. The number of nitrogens with zero attached hydrogens (tertiary/aromatic N) is 6. The molecule has 0 saturated carbocycles. The van der Waals surface area contributed by atoms with Crippen molar-refractivity contribution in [3.63, 3.8) is 0 Å². The number of nitrogens with one attached hydrogen (secondary N) is 1. The fourth-order valence-corrected chi connectivity index (χ4v) is 5.51. The first kappa shape index (κ1) is 25.4. The van der Waals surface area contributed by atoms with Crippen molar-refractivity contribution in [1.29, 1.82) is 0 Å². The highest BCUT2D eigenvalue weighted by Gasteiger charge is 2.44. The van der Waals surface area contributed by atoms with E-state index in [1.165, 1.54) is 0 Å². The minimum absolute atomic E-state index is 0.0173. The number of alkyl halides is 6. The standard InChI is InChI=1S/C22H23F6N7O2/c23-21(24,25)12-7-29-20(30-8-12)34-9-13-3-4-14(10-34)35(13)18(36)11-33-5-1-2-17(33)16-6-15(22(26,27)28)19(37)32-31-16/h6-8,13-14,17H,1-5,9-11H2,(H,32,37). The summed E-state index contributed by atoms with van der Waals surface area (Å²) in [5, 5.41) is 5.73. The van der Waals surface area contributed by atoms with Crippen LogP contribution in [0.5, 0.6) is 0 Å². The van der Waals surface area contributed by atoms with Gasteiger partial charge in [-0.15, -0.1) is 0 Å². The van der Waals surface area contributed by atoms with Crippen LogP contribution in [0.3, 0.4) is 0 Å². The van der Waals surface area contributed by atoms with Crippen LogP contribution in [0, 0.1) is 0 Å². The first-order valence-corrected chi connectivity index (χ1v) is 11.8. The highest BCUT2D eigenvalue weighted by molar-refractivity contribution is 5.80. The summed E-state index contributed by atoms with van der Waals surface area (Å²) >= 11 is 0. The molecule has 2 bridgehead atoms. The lowest BCUT2D eigenvalue weighted by Gasteiger charge is -2.42. The van der Waals surface area contributed by atoms with E-state index < -0.39 is 35.1 Å².